The summed E-state index contributed by atoms with van der Waals surface area (Å²) >= 11 is 0. The van der Waals surface area contributed by atoms with Crippen LogP contribution in [0.1, 0.15) is 66.7 Å². The second kappa shape index (κ2) is 7.28. The standard InChI is InChI=1S/C13H29N/c1-6-8-9-13(5,7-2)10-11-14-12(3)4/h12,14H,6-11H2,1-5H3. The van der Waals surface area contributed by atoms with E-state index < -0.39 is 0 Å². The SMILES string of the molecule is CCCCC(C)(CC)CCNC(C)C. The molecule has 0 heterocycles. The van der Waals surface area contributed by atoms with Crippen LogP contribution < -0.4 is 5.32 Å². The lowest BCUT2D eigenvalue weighted by molar-refractivity contribution is 0.247. The fourth-order valence-electron chi connectivity index (χ4n) is 1.74. The Bertz CT molecular complexity index is 131. The van der Waals surface area contributed by atoms with Crippen molar-refractivity contribution in [2.45, 2.75) is 72.8 Å². The average molecular weight is 199 g/mol. The molecule has 0 aliphatic heterocycles. The van der Waals surface area contributed by atoms with Gasteiger partial charge < -0.3 is 5.32 Å². The zero-order valence-electron chi connectivity index (χ0n) is 10.8. The van der Waals surface area contributed by atoms with E-state index in [4.69, 9.17) is 0 Å². The molecule has 14 heavy (non-hydrogen) atoms. The maximum atomic E-state index is 3.51. The minimum absolute atomic E-state index is 0.567. The third-order valence-electron chi connectivity index (χ3n) is 3.27. The minimum Gasteiger partial charge on any atom is -0.315 e. The van der Waals surface area contributed by atoms with Crippen LogP contribution >= 0.6 is 0 Å². The second-order valence-electron chi connectivity index (χ2n) is 5.13. The molecule has 1 unspecified atom stereocenters. The highest BCUT2D eigenvalue weighted by atomic mass is 14.9. The van der Waals surface area contributed by atoms with Crippen molar-refractivity contribution >= 4 is 0 Å². The lowest BCUT2D eigenvalue weighted by Crippen LogP contribution is -2.28. The van der Waals surface area contributed by atoms with Crippen molar-refractivity contribution in [1.29, 1.82) is 0 Å². The first-order chi connectivity index (χ1) is 6.54. The number of nitrogens with one attached hydrogen (secondary N) is 1. The quantitative estimate of drug-likeness (QED) is 0.623. The van der Waals surface area contributed by atoms with Crippen molar-refractivity contribution in [3.05, 3.63) is 0 Å². The Morgan fingerprint density at radius 2 is 1.79 bits per heavy atom. The van der Waals surface area contributed by atoms with Gasteiger partial charge in [-0.2, -0.15) is 0 Å². The van der Waals surface area contributed by atoms with Gasteiger partial charge in [-0.3, -0.25) is 0 Å². The van der Waals surface area contributed by atoms with Gasteiger partial charge in [0.25, 0.3) is 0 Å². The van der Waals surface area contributed by atoms with E-state index >= 15 is 0 Å². The monoisotopic (exact) mass is 199 g/mol. The van der Waals surface area contributed by atoms with Gasteiger partial charge in [0, 0.05) is 6.04 Å². The van der Waals surface area contributed by atoms with Gasteiger partial charge in [0.15, 0.2) is 0 Å². The van der Waals surface area contributed by atoms with Gasteiger partial charge in [-0.05, 0) is 24.8 Å². The molecular formula is C13H29N. The predicted molar refractivity (Wildman–Crippen MR) is 65.7 cm³/mol. The molecule has 1 atom stereocenters. The van der Waals surface area contributed by atoms with E-state index in [0.29, 0.717) is 11.5 Å². The molecule has 0 aliphatic carbocycles. The topological polar surface area (TPSA) is 12.0 Å². The third kappa shape index (κ3) is 6.42. The molecule has 86 valence electrons. The van der Waals surface area contributed by atoms with E-state index in [1.54, 1.807) is 0 Å². The summed E-state index contributed by atoms with van der Waals surface area (Å²) < 4.78 is 0. The van der Waals surface area contributed by atoms with Crippen molar-refractivity contribution in [3.8, 4) is 0 Å². The van der Waals surface area contributed by atoms with Crippen LogP contribution in [0, 0.1) is 5.41 Å². The molecule has 0 spiro atoms. The lowest BCUT2D eigenvalue weighted by atomic mass is 9.79. The van der Waals surface area contributed by atoms with Crippen molar-refractivity contribution in [1.82, 2.24) is 5.32 Å². The summed E-state index contributed by atoms with van der Waals surface area (Å²) in [7, 11) is 0. The first-order valence-electron chi connectivity index (χ1n) is 6.27. The molecule has 0 fully saturated rings. The molecule has 1 heteroatoms. The van der Waals surface area contributed by atoms with Gasteiger partial charge in [0.05, 0.1) is 0 Å². The van der Waals surface area contributed by atoms with Crippen LogP contribution in [-0.2, 0) is 0 Å². The summed E-state index contributed by atoms with van der Waals surface area (Å²) in [5.41, 5.74) is 0.567. The van der Waals surface area contributed by atoms with Crippen LogP contribution in [0.25, 0.3) is 0 Å². The molecule has 0 radical (unpaired) electrons. The fourth-order valence-corrected chi connectivity index (χ4v) is 1.74. The normalized spacial score (nSPS) is 15.9. The number of hydrogen-bond donors (Lipinski definition) is 1. The number of hydrogen-bond acceptors (Lipinski definition) is 1. The van der Waals surface area contributed by atoms with Gasteiger partial charge in [-0.1, -0.05) is 53.9 Å². The molecule has 1 N–H and O–H groups in total. The van der Waals surface area contributed by atoms with E-state index in [1.807, 2.05) is 0 Å². The Labute approximate surface area is 90.7 Å². The Balaban J connectivity index is 3.74. The number of unbranched alkanes of at least 4 members (excludes halogenated alkanes) is 1. The van der Waals surface area contributed by atoms with Crippen LogP contribution in [-0.4, -0.2) is 12.6 Å². The Hall–Kier alpha value is -0.0400. The van der Waals surface area contributed by atoms with Crippen molar-refractivity contribution in [2.24, 2.45) is 5.41 Å². The van der Waals surface area contributed by atoms with E-state index in [9.17, 15) is 0 Å². The summed E-state index contributed by atoms with van der Waals surface area (Å²) in [6.45, 7) is 12.6. The van der Waals surface area contributed by atoms with E-state index in [0.717, 1.165) is 0 Å². The first kappa shape index (κ1) is 14.0. The van der Waals surface area contributed by atoms with Gasteiger partial charge >= 0.3 is 0 Å². The molecule has 0 bridgehead atoms. The average Bonchev–Trinajstić information content (AvgIpc) is 2.14. The molecular weight excluding hydrogens is 170 g/mol. The van der Waals surface area contributed by atoms with E-state index in [-0.39, 0.29) is 0 Å². The largest absolute Gasteiger partial charge is 0.315 e. The molecule has 0 saturated heterocycles. The zero-order valence-corrected chi connectivity index (χ0v) is 10.8. The van der Waals surface area contributed by atoms with Crippen molar-refractivity contribution in [2.75, 3.05) is 6.54 Å². The fraction of sp³-hybridized carbons (Fsp3) is 1.00. The zero-order chi connectivity index (χ0) is 11.0. The van der Waals surface area contributed by atoms with E-state index in [2.05, 4.69) is 39.9 Å². The summed E-state index contributed by atoms with van der Waals surface area (Å²) in [4.78, 5) is 0. The Morgan fingerprint density at radius 3 is 2.21 bits per heavy atom. The van der Waals surface area contributed by atoms with Crippen molar-refractivity contribution in [3.63, 3.8) is 0 Å². The summed E-state index contributed by atoms with van der Waals surface area (Å²) in [6.07, 6.45) is 6.73. The van der Waals surface area contributed by atoms with Gasteiger partial charge in [-0.15, -0.1) is 0 Å². The second-order valence-corrected chi connectivity index (χ2v) is 5.13. The van der Waals surface area contributed by atoms with E-state index in [1.165, 1.54) is 38.6 Å². The molecule has 0 amide bonds. The highest BCUT2D eigenvalue weighted by molar-refractivity contribution is 4.74. The molecule has 1 nitrogen and oxygen atoms in total. The van der Waals surface area contributed by atoms with Gasteiger partial charge in [0.1, 0.15) is 0 Å². The highest BCUT2D eigenvalue weighted by Gasteiger charge is 2.20. The molecule has 0 rings (SSSR count). The minimum atomic E-state index is 0.567. The van der Waals surface area contributed by atoms with Crippen LogP contribution in [0.4, 0.5) is 0 Å². The highest BCUT2D eigenvalue weighted by Crippen LogP contribution is 2.31. The Morgan fingerprint density at radius 1 is 1.14 bits per heavy atom. The van der Waals surface area contributed by atoms with Crippen LogP contribution in [0.2, 0.25) is 0 Å². The molecule has 0 aromatic heterocycles. The third-order valence-corrected chi connectivity index (χ3v) is 3.27. The smallest absolute Gasteiger partial charge is 0.00103 e. The van der Waals surface area contributed by atoms with Crippen LogP contribution in [0.15, 0.2) is 0 Å². The van der Waals surface area contributed by atoms with Crippen LogP contribution in [0.3, 0.4) is 0 Å². The van der Waals surface area contributed by atoms with Gasteiger partial charge in [0.2, 0.25) is 0 Å². The summed E-state index contributed by atoms with van der Waals surface area (Å²) in [6, 6.07) is 0.627. The van der Waals surface area contributed by atoms with Crippen molar-refractivity contribution < 1.29 is 0 Å². The maximum Gasteiger partial charge on any atom is 0.00103 e. The van der Waals surface area contributed by atoms with Crippen LogP contribution in [0.5, 0.6) is 0 Å². The van der Waals surface area contributed by atoms with Gasteiger partial charge in [-0.25, -0.2) is 0 Å². The number of rotatable bonds is 8. The molecule has 0 aromatic rings. The lowest BCUT2D eigenvalue weighted by Gasteiger charge is -2.28. The molecule has 0 aliphatic rings. The summed E-state index contributed by atoms with van der Waals surface area (Å²) in [5, 5.41) is 3.51. The Kier molecular flexibility index (Phi) is 7.26. The molecule has 0 aromatic carbocycles. The maximum absolute atomic E-state index is 3.51. The summed E-state index contributed by atoms with van der Waals surface area (Å²) in [5.74, 6) is 0. The first-order valence-corrected chi connectivity index (χ1v) is 6.27. The molecule has 0 saturated carbocycles. The predicted octanol–water partition coefficient (Wildman–Crippen LogP) is 3.98.